The van der Waals surface area contributed by atoms with Crippen molar-refractivity contribution < 1.29 is 18.3 Å². The number of sulfonamides is 1. The van der Waals surface area contributed by atoms with E-state index in [4.69, 9.17) is 5.11 Å². The Morgan fingerprint density at radius 1 is 1.69 bits per heavy atom. The summed E-state index contributed by atoms with van der Waals surface area (Å²) in [4.78, 5) is 14.3. The maximum Gasteiger partial charge on any atom is 0.308 e. The van der Waals surface area contributed by atoms with Gasteiger partial charge in [-0.2, -0.15) is 10.1 Å². The molecule has 0 aliphatic heterocycles. The van der Waals surface area contributed by atoms with Gasteiger partial charge in [0, 0.05) is 0 Å². The zero-order valence-electron chi connectivity index (χ0n) is 8.78. The molecule has 0 saturated heterocycles. The molecule has 16 heavy (non-hydrogen) atoms. The van der Waals surface area contributed by atoms with Crippen LogP contribution in [0.5, 0.6) is 0 Å². The fourth-order valence-electron chi connectivity index (χ4n) is 1.02. The Morgan fingerprint density at radius 2 is 2.31 bits per heavy atom. The largest absolute Gasteiger partial charge is 0.481 e. The van der Waals surface area contributed by atoms with E-state index in [2.05, 4.69) is 15.2 Å². The van der Waals surface area contributed by atoms with E-state index in [0.717, 1.165) is 16.9 Å². The molecule has 90 valence electrons. The lowest BCUT2D eigenvalue weighted by Crippen LogP contribution is -2.37. The molecule has 0 aromatic carbocycles. The summed E-state index contributed by atoms with van der Waals surface area (Å²) < 4.78 is 23.7. The molecule has 0 spiro atoms. The number of hydrogen-bond donors (Lipinski definition) is 2. The standard InChI is InChI=1S/C7H12N4O4S/c1-5(6(12)13)3-11(16(2,14)15)7-8-4-9-10-7/h4-5H,3H2,1-2H3,(H,12,13)(H,8,9,10). The summed E-state index contributed by atoms with van der Waals surface area (Å²) in [6, 6.07) is 0. The molecule has 0 saturated carbocycles. The summed E-state index contributed by atoms with van der Waals surface area (Å²) in [5.74, 6) is -1.90. The maximum absolute atomic E-state index is 11.4. The number of aromatic nitrogens is 3. The van der Waals surface area contributed by atoms with E-state index in [9.17, 15) is 13.2 Å². The van der Waals surface area contributed by atoms with E-state index in [0.29, 0.717) is 0 Å². The van der Waals surface area contributed by atoms with Gasteiger partial charge in [-0.15, -0.1) is 0 Å². The molecule has 8 nitrogen and oxygen atoms in total. The van der Waals surface area contributed by atoms with Crippen LogP contribution in [-0.2, 0) is 14.8 Å². The number of aliphatic carboxylic acids is 1. The highest BCUT2D eigenvalue weighted by atomic mass is 32.2. The van der Waals surface area contributed by atoms with Crippen LogP contribution in [0.3, 0.4) is 0 Å². The average Bonchev–Trinajstić information content (AvgIpc) is 2.63. The Labute approximate surface area is 92.3 Å². The van der Waals surface area contributed by atoms with Gasteiger partial charge in [0.25, 0.3) is 0 Å². The van der Waals surface area contributed by atoms with Crippen LogP contribution in [0.2, 0.25) is 0 Å². The van der Waals surface area contributed by atoms with Crippen LogP contribution in [0.25, 0.3) is 0 Å². The van der Waals surface area contributed by atoms with Gasteiger partial charge in [0.2, 0.25) is 16.0 Å². The monoisotopic (exact) mass is 248 g/mol. The van der Waals surface area contributed by atoms with Crippen molar-refractivity contribution in [3.63, 3.8) is 0 Å². The number of carboxylic acid groups (broad SMARTS) is 1. The molecule has 0 aliphatic carbocycles. The number of rotatable bonds is 5. The number of hydrogen-bond acceptors (Lipinski definition) is 5. The Balaban J connectivity index is 2.95. The third-order valence-corrected chi connectivity index (χ3v) is 3.02. The number of anilines is 1. The number of carboxylic acids is 1. The zero-order chi connectivity index (χ0) is 12.3. The van der Waals surface area contributed by atoms with Gasteiger partial charge in [-0.3, -0.25) is 4.79 Å². The first-order valence-electron chi connectivity index (χ1n) is 4.38. The van der Waals surface area contributed by atoms with Gasteiger partial charge >= 0.3 is 5.97 Å². The van der Waals surface area contributed by atoms with E-state index >= 15 is 0 Å². The van der Waals surface area contributed by atoms with Crippen molar-refractivity contribution in [3.8, 4) is 0 Å². The number of aromatic amines is 1. The first-order valence-corrected chi connectivity index (χ1v) is 6.23. The molecule has 1 aromatic heterocycles. The highest BCUT2D eigenvalue weighted by Gasteiger charge is 2.25. The number of carbonyl (C=O) groups is 1. The highest BCUT2D eigenvalue weighted by molar-refractivity contribution is 7.92. The predicted octanol–water partition coefficient (Wildman–Crippen LogP) is -0.709. The molecule has 1 unspecified atom stereocenters. The van der Waals surface area contributed by atoms with Gasteiger partial charge in [0.15, 0.2) is 0 Å². The molecule has 1 atom stereocenters. The van der Waals surface area contributed by atoms with Gasteiger partial charge in [-0.1, -0.05) is 6.92 Å². The summed E-state index contributed by atoms with van der Waals surface area (Å²) in [5, 5.41) is 14.6. The van der Waals surface area contributed by atoms with Crippen LogP contribution in [0.4, 0.5) is 5.95 Å². The second-order valence-corrected chi connectivity index (χ2v) is 5.25. The van der Waals surface area contributed by atoms with Crippen LogP contribution in [0.1, 0.15) is 6.92 Å². The first kappa shape index (κ1) is 12.4. The van der Waals surface area contributed by atoms with Crippen molar-refractivity contribution >= 4 is 21.9 Å². The van der Waals surface area contributed by atoms with Gasteiger partial charge in [-0.25, -0.2) is 17.8 Å². The molecule has 0 amide bonds. The van der Waals surface area contributed by atoms with Crippen molar-refractivity contribution in [1.82, 2.24) is 15.2 Å². The van der Waals surface area contributed by atoms with Crippen molar-refractivity contribution in [2.45, 2.75) is 6.92 Å². The van der Waals surface area contributed by atoms with Gasteiger partial charge in [-0.05, 0) is 0 Å². The smallest absolute Gasteiger partial charge is 0.308 e. The lowest BCUT2D eigenvalue weighted by molar-refractivity contribution is -0.140. The molecule has 0 fully saturated rings. The molecular weight excluding hydrogens is 236 g/mol. The van der Waals surface area contributed by atoms with Crippen molar-refractivity contribution in [2.75, 3.05) is 17.1 Å². The number of nitrogens with zero attached hydrogens (tertiary/aromatic N) is 3. The molecule has 1 rings (SSSR count). The molecular formula is C7H12N4O4S. The second-order valence-electron chi connectivity index (χ2n) is 3.34. The molecule has 1 aromatic rings. The minimum atomic E-state index is -3.58. The van der Waals surface area contributed by atoms with Crippen LogP contribution in [-0.4, -0.2) is 47.5 Å². The van der Waals surface area contributed by atoms with E-state index < -0.39 is 21.9 Å². The van der Waals surface area contributed by atoms with Gasteiger partial charge < -0.3 is 5.11 Å². The van der Waals surface area contributed by atoms with E-state index in [1.165, 1.54) is 6.92 Å². The predicted molar refractivity (Wildman–Crippen MR) is 55.4 cm³/mol. The molecule has 0 aliphatic rings. The number of nitrogens with one attached hydrogen (secondary N) is 1. The second kappa shape index (κ2) is 4.47. The first-order chi connectivity index (χ1) is 7.32. The number of H-pyrrole nitrogens is 1. The van der Waals surface area contributed by atoms with Crippen LogP contribution < -0.4 is 4.31 Å². The van der Waals surface area contributed by atoms with Crippen LogP contribution >= 0.6 is 0 Å². The maximum atomic E-state index is 11.4. The topological polar surface area (TPSA) is 116 Å². The quantitative estimate of drug-likeness (QED) is 0.711. The minimum Gasteiger partial charge on any atom is -0.481 e. The van der Waals surface area contributed by atoms with Crippen molar-refractivity contribution in [3.05, 3.63) is 6.33 Å². The minimum absolute atomic E-state index is 0.00981. The molecule has 1 heterocycles. The van der Waals surface area contributed by atoms with Crippen LogP contribution in [0.15, 0.2) is 6.33 Å². The molecule has 0 bridgehead atoms. The summed E-state index contributed by atoms with van der Waals surface area (Å²) >= 11 is 0. The van der Waals surface area contributed by atoms with Crippen LogP contribution in [0, 0.1) is 5.92 Å². The van der Waals surface area contributed by atoms with Gasteiger partial charge in [0.05, 0.1) is 18.7 Å². The van der Waals surface area contributed by atoms with Gasteiger partial charge in [0.1, 0.15) is 6.33 Å². The lowest BCUT2D eigenvalue weighted by Gasteiger charge is -2.20. The normalized spacial score (nSPS) is 13.4. The summed E-state index contributed by atoms with van der Waals surface area (Å²) in [5.41, 5.74) is 0. The summed E-state index contributed by atoms with van der Waals surface area (Å²) in [7, 11) is -3.58. The zero-order valence-corrected chi connectivity index (χ0v) is 9.60. The SMILES string of the molecule is CC(CN(c1ncn[nH]1)S(C)(=O)=O)C(=O)O. The van der Waals surface area contributed by atoms with E-state index in [-0.39, 0.29) is 12.5 Å². The third kappa shape index (κ3) is 2.92. The van der Waals surface area contributed by atoms with Crippen molar-refractivity contribution in [2.24, 2.45) is 5.92 Å². The fourth-order valence-corrected chi connectivity index (χ4v) is 1.92. The summed E-state index contributed by atoms with van der Waals surface area (Å²) in [6.45, 7) is 1.22. The molecule has 2 N–H and O–H groups in total. The Kier molecular flexibility index (Phi) is 3.48. The summed E-state index contributed by atoms with van der Waals surface area (Å²) in [6.07, 6.45) is 2.13. The Morgan fingerprint density at radius 3 is 2.69 bits per heavy atom. The fraction of sp³-hybridized carbons (Fsp3) is 0.571. The molecule has 0 radical (unpaired) electrons. The third-order valence-electron chi connectivity index (χ3n) is 1.90. The average molecular weight is 248 g/mol. The van der Waals surface area contributed by atoms with E-state index in [1.807, 2.05) is 0 Å². The molecule has 9 heteroatoms. The van der Waals surface area contributed by atoms with E-state index in [1.54, 1.807) is 0 Å². The lowest BCUT2D eigenvalue weighted by atomic mass is 10.2. The Bertz CT molecular complexity index is 455. The van der Waals surface area contributed by atoms with Crippen molar-refractivity contribution in [1.29, 1.82) is 0 Å². The Hall–Kier alpha value is -1.64. The highest BCUT2D eigenvalue weighted by Crippen LogP contribution is 2.12.